The Hall–Kier alpha value is -3.13. The molecule has 0 spiro atoms. The van der Waals surface area contributed by atoms with Crippen molar-refractivity contribution >= 4 is 12.0 Å². The van der Waals surface area contributed by atoms with Gasteiger partial charge in [0.25, 0.3) is 0 Å². The molecule has 2 nitrogen and oxygen atoms in total. The van der Waals surface area contributed by atoms with Crippen molar-refractivity contribution in [3.05, 3.63) is 113 Å². The molecule has 0 aliphatic carbocycles. The van der Waals surface area contributed by atoms with E-state index in [9.17, 15) is 4.79 Å². The Morgan fingerprint density at radius 3 is 2.00 bits per heavy atom. The maximum absolute atomic E-state index is 13.0. The molecule has 3 aromatic carbocycles. The second kappa shape index (κ2) is 10.4. The maximum Gasteiger partial charge on any atom is 0.223 e. The molecule has 2 heteroatoms. The molecule has 3 rings (SSSR count). The Labute approximate surface area is 174 Å². The highest BCUT2D eigenvalue weighted by molar-refractivity contribution is 5.77. The van der Waals surface area contributed by atoms with Crippen LogP contribution in [0.1, 0.15) is 42.5 Å². The van der Waals surface area contributed by atoms with Crippen LogP contribution in [0.2, 0.25) is 0 Å². The van der Waals surface area contributed by atoms with Crippen molar-refractivity contribution in [1.29, 1.82) is 0 Å². The first kappa shape index (κ1) is 20.6. The number of rotatable bonds is 8. The first-order valence-corrected chi connectivity index (χ1v) is 10.2. The lowest BCUT2D eigenvalue weighted by Gasteiger charge is -2.29. The van der Waals surface area contributed by atoms with Gasteiger partial charge in [-0.25, -0.2) is 0 Å². The minimum atomic E-state index is 0.0320. The van der Waals surface area contributed by atoms with E-state index in [-0.39, 0.29) is 11.9 Å². The van der Waals surface area contributed by atoms with Gasteiger partial charge in [-0.3, -0.25) is 4.79 Å². The van der Waals surface area contributed by atoms with E-state index in [4.69, 9.17) is 0 Å². The van der Waals surface area contributed by atoms with E-state index in [1.165, 1.54) is 22.3 Å². The summed E-state index contributed by atoms with van der Waals surface area (Å²) in [6, 6.07) is 31.0. The van der Waals surface area contributed by atoms with E-state index in [0.29, 0.717) is 6.42 Å². The summed E-state index contributed by atoms with van der Waals surface area (Å²) in [6.45, 7) is 2.10. The fraction of sp³-hybridized carbons (Fsp3) is 0.222. The van der Waals surface area contributed by atoms with Crippen molar-refractivity contribution in [3.8, 4) is 0 Å². The van der Waals surface area contributed by atoms with Crippen LogP contribution in [0.4, 0.5) is 0 Å². The normalized spacial score (nSPS) is 12.4. The zero-order valence-corrected chi connectivity index (χ0v) is 17.3. The van der Waals surface area contributed by atoms with E-state index in [2.05, 4.69) is 61.5 Å². The number of carbonyl (C=O) groups is 1. The Bertz CT molecular complexity index is 917. The van der Waals surface area contributed by atoms with Crippen LogP contribution in [0.25, 0.3) is 6.08 Å². The lowest BCUT2D eigenvalue weighted by molar-refractivity contribution is -0.132. The topological polar surface area (TPSA) is 20.3 Å². The molecule has 0 saturated carbocycles. The molecule has 0 N–H and O–H groups in total. The van der Waals surface area contributed by atoms with Crippen LogP contribution in [-0.4, -0.2) is 17.9 Å². The van der Waals surface area contributed by atoms with Crippen LogP contribution >= 0.6 is 0 Å². The first-order chi connectivity index (χ1) is 14.1. The molecular weight excluding hydrogens is 354 g/mol. The summed E-state index contributed by atoms with van der Waals surface area (Å²) in [5, 5.41) is 0. The number of benzene rings is 3. The second-order valence-corrected chi connectivity index (χ2v) is 7.52. The third kappa shape index (κ3) is 6.18. The zero-order chi connectivity index (χ0) is 20.5. The Morgan fingerprint density at radius 2 is 1.38 bits per heavy atom. The molecule has 0 bridgehead atoms. The number of carbonyl (C=O) groups excluding carboxylic acids is 1. The Morgan fingerprint density at radius 1 is 0.828 bits per heavy atom. The summed E-state index contributed by atoms with van der Waals surface area (Å²) in [4.78, 5) is 14.9. The van der Waals surface area contributed by atoms with Gasteiger partial charge < -0.3 is 4.90 Å². The molecule has 1 unspecified atom stereocenters. The number of hydrogen-bond donors (Lipinski definition) is 0. The lowest BCUT2D eigenvalue weighted by atomic mass is 9.97. The van der Waals surface area contributed by atoms with Crippen LogP contribution in [-0.2, 0) is 11.2 Å². The highest BCUT2D eigenvalue weighted by Gasteiger charge is 2.21. The minimum Gasteiger partial charge on any atom is -0.338 e. The smallest absolute Gasteiger partial charge is 0.223 e. The van der Waals surface area contributed by atoms with Gasteiger partial charge in [0.05, 0.1) is 6.04 Å². The molecular formula is C27H29NO. The van der Waals surface area contributed by atoms with Gasteiger partial charge in [0.15, 0.2) is 0 Å². The minimum absolute atomic E-state index is 0.0320. The van der Waals surface area contributed by atoms with Gasteiger partial charge in [-0.15, -0.1) is 0 Å². The fourth-order valence-corrected chi connectivity index (χ4v) is 3.55. The maximum atomic E-state index is 13.0. The van der Waals surface area contributed by atoms with E-state index in [1.807, 2.05) is 54.4 Å². The van der Waals surface area contributed by atoms with Crippen molar-refractivity contribution in [2.75, 3.05) is 7.05 Å². The fourth-order valence-electron chi connectivity index (χ4n) is 3.55. The summed E-state index contributed by atoms with van der Waals surface area (Å²) in [7, 11) is 1.93. The largest absolute Gasteiger partial charge is 0.338 e. The summed E-state index contributed by atoms with van der Waals surface area (Å²) in [5.41, 5.74) is 4.80. The van der Waals surface area contributed by atoms with Gasteiger partial charge in [0, 0.05) is 13.5 Å². The molecule has 0 saturated heterocycles. The van der Waals surface area contributed by atoms with Crippen LogP contribution in [0.15, 0.2) is 96.6 Å². The van der Waals surface area contributed by atoms with Crippen molar-refractivity contribution < 1.29 is 4.79 Å². The van der Waals surface area contributed by atoms with Crippen molar-refractivity contribution in [1.82, 2.24) is 4.90 Å². The average molecular weight is 384 g/mol. The molecule has 0 aliphatic rings. The molecule has 1 amide bonds. The predicted octanol–water partition coefficient (Wildman–Crippen LogP) is 6.31. The van der Waals surface area contributed by atoms with E-state index in [1.54, 1.807) is 0 Å². The summed E-state index contributed by atoms with van der Waals surface area (Å²) >= 11 is 0. The molecule has 29 heavy (non-hydrogen) atoms. The van der Waals surface area contributed by atoms with E-state index in [0.717, 1.165) is 12.8 Å². The van der Waals surface area contributed by atoms with Gasteiger partial charge in [0.2, 0.25) is 5.91 Å². The Kier molecular flexibility index (Phi) is 7.40. The molecule has 0 aliphatic heterocycles. The van der Waals surface area contributed by atoms with Crippen LogP contribution in [0.3, 0.4) is 0 Å². The first-order valence-electron chi connectivity index (χ1n) is 10.2. The second-order valence-electron chi connectivity index (χ2n) is 7.52. The third-order valence-corrected chi connectivity index (χ3v) is 5.26. The van der Waals surface area contributed by atoms with Gasteiger partial charge in [0.1, 0.15) is 0 Å². The molecule has 0 radical (unpaired) electrons. The number of allylic oxidation sites excluding steroid dienone is 1. The SMILES string of the molecule is C/C(=C\c1ccccc1)CCC(=O)N(C)C(Cc1ccccc1)c1ccccc1. The molecule has 148 valence electrons. The Balaban J connectivity index is 1.69. The average Bonchev–Trinajstić information content (AvgIpc) is 2.77. The summed E-state index contributed by atoms with van der Waals surface area (Å²) < 4.78 is 0. The standard InChI is InChI=1S/C27H29NO/c1-22(20-23-12-6-3-7-13-23)18-19-27(29)28(2)26(25-16-10-5-11-17-25)21-24-14-8-4-9-15-24/h3-17,20,26H,18-19,21H2,1-2H3/b22-20+. The summed E-state index contributed by atoms with van der Waals surface area (Å²) in [6.07, 6.45) is 4.26. The van der Waals surface area contributed by atoms with Crippen molar-refractivity contribution in [2.45, 2.75) is 32.2 Å². The highest BCUT2D eigenvalue weighted by Crippen LogP contribution is 2.25. The van der Waals surface area contributed by atoms with Gasteiger partial charge in [-0.05, 0) is 36.5 Å². The van der Waals surface area contributed by atoms with Crippen LogP contribution < -0.4 is 0 Å². The summed E-state index contributed by atoms with van der Waals surface area (Å²) in [5.74, 6) is 0.176. The lowest BCUT2D eigenvalue weighted by Crippen LogP contribution is -2.32. The number of amides is 1. The number of hydrogen-bond acceptors (Lipinski definition) is 1. The zero-order valence-electron chi connectivity index (χ0n) is 17.3. The molecule has 1 atom stereocenters. The molecule has 0 heterocycles. The van der Waals surface area contributed by atoms with Gasteiger partial charge >= 0.3 is 0 Å². The number of nitrogens with zero attached hydrogens (tertiary/aromatic N) is 1. The van der Waals surface area contributed by atoms with Crippen molar-refractivity contribution in [2.24, 2.45) is 0 Å². The van der Waals surface area contributed by atoms with Crippen LogP contribution in [0, 0.1) is 0 Å². The highest BCUT2D eigenvalue weighted by atomic mass is 16.2. The molecule has 3 aromatic rings. The predicted molar refractivity (Wildman–Crippen MR) is 121 cm³/mol. The van der Waals surface area contributed by atoms with Gasteiger partial charge in [-0.2, -0.15) is 0 Å². The monoisotopic (exact) mass is 383 g/mol. The third-order valence-electron chi connectivity index (χ3n) is 5.26. The van der Waals surface area contributed by atoms with Gasteiger partial charge in [-0.1, -0.05) is 103 Å². The van der Waals surface area contributed by atoms with Crippen LogP contribution in [0.5, 0.6) is 0 Å². The molecule has 0 fully saturated rings. The van der Waals surface area contributed by atoms with E-state index >= 15 is 0 Å². The quantitative estimate of drug-likeness (QED) is 0.446. The van der Waals surface area contributed by atoms with Crippen molar-refractivity contribution in [3.63, 3.8) is 0 Å². The molecule has 0 aromatic heterocycles. The van der Waals surface area contributed by atoms with E-state index < -0.39 is 0 Å². The number of likely N-dealkylation sites (N-methyl/N-ethyl adjacent to an activating group) is 1.